The summed E-state index contributed by atoms with van der Waals surface area (Å²) in [5, 5.41) is 3.27. The highest BCUT2D eigenvalue weighted by molar-refractivity contribution is 7.80. The maximum atomic E-state index is 12.2. The van der Waals surface area contributed by atoms with E-state index in [0.717, 1.165) is 5.56 Å². The number of carbonyl (C=O) groups is 1. The molecular formula is C15H20N2O2S. The summed E-state index contributed by atoms with van der Waals surface area (Å²) < 4.78 is 5.66. The lowest BCUT2D eigenvalue weighted by molar-refractivity contribution is -0.0481. The van der Waals surface area contributed by atoms with E-state index in [1.165, 1.54) is 0 Å². The monoisotopic (exact) mass is 292 g/mol. The standard InChI is InChI=1S/C15H20N2O2S/c1-10-5-4-6-13(7-10)14(18)16-15(20)17-8-11(2)19-12(3)9-17/h4-7,11-12H,8-9H2,1-3H3,(H,16,18,20)/t11-,12-/m0/s1. The van der Waals surface area contributed by atoms with Gasteiger partial charge in [0.05, 0.1) is 12.2 Å². The van der Waals surface area contributed by atoms with Crippen molar-refractivity contribution in [2.45, 2.75) is 33.0 Å². The number of hydrogen-bond donors (Lipinski definition) is 1. The Balaban J connectivity index is 1.99. The minimum atomic E-state index is -0.162. The number of morpholine rings is 1. The summed E-state index contributed by atoms with van der Waals surface area (Å²) in [4.78, 5) is 14.1. The first kappa shape index (κ1) is 14.9. The van der Waals surface area contributed by atoms with Crippen molar-refractivity contribution < 1.29 is 9.53 Å². The number of amides is 1. The number of rotatable bonds is 1. The smallest absolute Gasteiger partial charge is 0.257 e. The molecule has 1 N–H and O–H groups in total. The number of thiocarbonyl (C=S) groups is 1. The normalized spacial score (nSPS) is 22.4. The van der Waals surface area contributed by atoms with Crippen LogP contribution in [0.25, 0.3) is 0 Å². The third-order valence-electron chi connectivity index (χ3n) is 3.21. The van der Waals surface area contributed by atoms with Gasteiger partial charge in [-0.15, -0.1) is 0 Å². The van der Waals surface area contributed by atoms with Gasteiger partial charge in [0.15, 0.2) is 5.11 Å². The largest absolute Gasteiger partial charge is 0.372 e. The Bertz CT molecular complexity index is 508. The second-order valence-electron chi connectivity index (χ2n) is 5.29. The van der Waals surface area contributed by atoms with Crippen molar-refractivity contribution in [2.75, 3.05) is 13.1 Å². The van der Waals surface area contributed by atoms with Crippen LogP contribution in [0.5, 0.6) is 0 Å². The highest BCUT2D eigenvalue weighted by Gasteiger charge is 2.24. The molecule has 2 rings (SSSR count). The third kappa shape index (κ3) is 3.77. The lowest BCUT2D eigenvalue weighted by Gasteiger charge is -2.36. The van der Waals surface area contributed by atoms with Crippen LogP contribution in [0.4, 0.5) is 0 Å². The van der Waals surface area contributed by atoms with E-state index in [1.807, 2.05) is 43.9 Å². The van der Waals surface area contributed by atoms with Crippen LogP contribution < -0.4 is 5.32 Å². The van der Waals surface area contributed by atoms with E-state index in [9.17, 15) is 4.79 Å². The summed E-state index contributed by atoms with van der Waals surface area (Å²) in [5.41, 5.74) is 1.68. The number of hydrogen-bond acceptors (Lipinski definition) is 3. The number of nitrogens with zero attached hydrogens (tertiary/aromatic N) is 1. The van der Waals surface area contributed by atoms with Crippen LogP contribution >= 0.6 is 12.2 Å². The summed E-state index contributed by atoms with van der Waals surface area (Å²) in [7, 11) is 0. The molecule has 1 aliphatic rings. The lowest BCUT2D eigenvalue weighted by Crippen LogP contribution is -2.52. The zero-order valence-corrected chi connectivity index (χ0v) is 12.9. The van der Waals surface area contributed by atoms with Crippen molar-refractivity contribution in [3.8, 4) is 0 Å². The number of nitrogens with one attached hydrogen (secondary N) is 1. The van der Waals surface area contributed by atoms with Crippen molar-refractivity contribution in [3.05, 3.63) is 35.4 Å². The third-order valence-corrected chi connectivity index (χ3v) is 3.57. The molecule has 0 unspecified atom stereocenters. The van der Waals surface area contributed by atoms with Gasteiger partial charge in [0, 0.05) is 18.7 Å². The number of aryl methyl sites for hydroxylation is 1. The second-order valence-corrected chi connectivity index (χ2v) is 5.68. The van der Waals surface area contributed by atoms with Gasteiger partial charge in [0.25, 0.3) is 5.91 Å². The Morgan fingerprint density at radius 2 is 2.00 bits per heavy atom. The van der Waals surface area contributed by atoms with Gasteiger partial charge < -0.3 is 9.64 Å². The molecule has 5 heteroatoms. The van der Waals surface area contributed by atoms with Crippen LogP contribution in [0.15, 0.2) is 24.3 Å². The maximum Gasteiger partial charge on any atom is 0.257 e. The van der Waals surface area contributed by atoms with Gasteiger partial charge in [-0.3, -0.25) is 10.1 Å². The zero-order chi connectivity index (χ0) is 14.7. The average molecular weight is 292 g/mol. The Labute approximate surface area is 125 Å². The highest BCUT2D eigenvalue weighted by atomic mass is 32.1. The first-order chi connectivity index (χ1) is 9.45. The Hall–Kier alpha value is -1.46. The van der Waals surface area contributed by atoms with Crippen LogP contribution in [0, 0.1) is 6.92 Å². The molecule has 1 fully saturated rings. The van der Waals surface area contributed by atoms with Gasteiger partial charge >= 0.3 is 0 Å². The predicted octanol–water partition coefficient (Wildman–Crippen LogP) is 2.12. The van der Waals surface area contributed by atoms with Gasteiger partial charge in [-0.2, -0.15) is 0 Å². The average Bonchev–Trinajstić information content (AvgIpc) is 2.37. The number of benzene rings is 1. The van der Waals surface area contributed by atoms with Crippen molar-refractivity contribution in [2.24, 2.45) is 0 Å². The van der Waals surface area contributed by atoms with Gasteiger partial charge in [0.2, 0.25) is 0 Å². The molecule has 1 aromatic rings. The van der Waals surface area contributed by atoms with Crippen molar-refractivity contribution in [1.29, 1.82) is 0 Å². The van der Waals surface area contributed by atoms with Crippen molar-refractivity contribution in [1.82, 2.24) is 10.2 Å². The van der Waals surface area contributed by atoms with Crippen LogP contribution in [-0.2, 0) is 4.74 Å². The molecule has 1 aliphatic heterocycles. The van der Waals surface area contributed by atoms with Crippen LogP contribution in [0.1, 0.15) is 29.8 Å². The van der Waals surface area contributed by atoms with E-state index in [2.05, 4.69) is 5.32 Å². The topological polar surface area (TPSA) is 41.6 Å². The molecule has 0 aromatic heterocycles. The second kappa shape index (κ2) is 6.33. The Kier molecular flexibility index (Phi) is 4.73. The van der Waals surface area contributed by atoms with Gasteiger partial charge in [-0.05, 0) is 45.1 Å². The summed E-state index contributed by atoms with van der Waals surface area (Å²) in [6.45, 7) is 7.39. The van der Waals surface area contributed by atoms with Gasteiger partial charge in [-0.1, -0.05) is 17.7 Å². The lowest BCUT2D eigenvalue weighted by atomic mass is 10.1. The quantitative estimate of drug-likeness (QED) is 0.805. The summed E-state index contributed by atoms with van der Waals surface area (Å²) in [5.74, 6) is -0.162. The molecule has 1 amide bonds. The van der Waals surface area contributed by atoms with E-state index in [-0.39, 0.29) is 18.1 Å². The molecule has 0 radical (unpaired) electrons. The molecule has 20 heavy (non-hydrogen) atoms. The molecule has 0 saturated carbocycles. The molecule has 108 valence electrons. The molecule has 2 atom stereocenters. The van der Waals surface area contributed by atoms with Gasteiger partial charge in [0.1, 0.15) is 0 Å². The van der Waals surface area contributed by atoms with Crippen LogP contribution in [-0.4, -0.2) is 41.2 Å². The molecule has 0 spiro atoms. The first-order valence-corrected chi connectivity index (χ1v) is 7.19. The fraction of sp³-hybridized carbons (Fsp3) is 0.467. The van der Waals surface area contributed by atoms with Crippen LogP contribution in [0.3, 0.4) is 0 Å². The SMILES string of the molecule is Cc1cccc(C(=O)NC(=S)N2C[C@H](C)O[C@@H](C)C2)c1. The molecule has 0 aliphatic carbocycles. The maximum absolute atomic E-state index is 12.2. The van der Waals surface area contributed by atoms with Gasteiger partial charge in [-0.25, -0.2) is 0 Å². The fourth-order valence-electron chi connectivity index (χ4n) is 2.38. The number of ether oxygens (including phenoxy) is 1. The summed E-state index contributed by atoms with van der Waals surface area (Å²) in [6, 6.07) is 7.46. The van der Waals surface area contributed by atoms with Crippen LogP contribution in [0.2, 0.25) is 0 Å². The minimum absolute atomic E-state index is 0.118. The molecule has 1 heterocycles. The van der Waals surface area contributed by atoms with E-state index in [4.69, 9.17) is 17.0 Å². The zero-order valence-electron chi connectivity index (χ0n) is 12.1. The molecule has 0 bridgehead atoms. The Morgan fingerprint density at radius 3 is 2.60 bits per heavy atom. The van der Waals surface area contributed by atoms with E-state index < -0.39 is 0 Å². The highest BCUT2D eigenvalue weighted by Crippen LogP contribution is 2.11. The van der Waals surface area contributed by atoms with Crippen molar-refractivity contribution in [3.63, 3.8) is 0 Å². The Morgan fingerprint density at radius 1 is 1.35 bits per heavy atom. The first-order valence-electron chi connectivity index (χ1n) is 6.78. The van der Waals surface area contributed by atoms with E-state index >= 15 is 0 Å². The summed E-state index contributed by atoms with van der Waals surface area (Å²) in [6.07, 6.45) is 0.236. The van der Waals surface area contributed by atoms with Crippen molar-refractivity contribution >= 4 is 23.2 Å². The predicted molar refractivity (Wildman–Crippen MR) is 82.8 cm³/mol. The molecular weight excluding hydrogens is 272 g/mol. The fourth-order valence-corrected chi connectivity index (χ4v) is 2.62. The molecule has 4 nitrogen and oxygen atoms in total. The van der Waals surface area contributed by atoms with E-state index in [1.54, 1.807) is 6.07 Å². The minimum Gasteiger partial charge on any atom is -0.372 e. The number of carbonyl (C=O) groups excluding carboxylic acids is 1. The molecule has 1 saturated heterocycles. The molecule has 1 aromatic carbocycles. The summed E-state index contributed by atoms with van der Waals surface area (Å²) >= 11 is 5.33. The van der Waals surface area contributed by atoms with E-state index in [0.29, 0.717) is 23.8 Å².